The van der Waals surface area contributed by atoms with Gasteiger partial charge in [-0.25, -0.2) is 0 Å². The highest BCUT2D eigenvalue weighted by Gasteiger charge is 2.44. The second kappa shape index (κ2) is 34.8. The number of unbranched alkanes of at least 4 members (excludes halogenated alkanes) is 1. The summed E-state index contributed by atoms with van der Waals surface area (Å²) in [5.74, 6) is -12.9. The van der Waals surface area contributed by atoms with Crippen molar-refractivity contribution in [1.29, 1.82) is 0 Å². The summed E-state index contributed by atoms with van der Waals surface area (Å²) in [4.78, 5) is 183. The van der Waals surface area contributed by atoms with E-state index in [1.165, 1.54) is 9.80 Å². The number of benzene rings is 1. The number of carbonyl (C=O) groups excluding carboxylic acids is 9. The van der Waals surface area contributed by atoms with Crippen LogP contribution in [0, 0.1) is 0 Å². The quantitative estimate of drug-likeness (QED) is 0.0279. The molecule has 474 valence electrons. The Balaban J connectivity index is 1.12. The van der Waals surface area contributed by atoms with Crippen LogP contribution in [-0.4, -0.2) is 262 Å². The summed E-state index contributed by atoms with van der Waals surface area (Å²) in [7, 11) is 1.55. The molecule has 0 radical (unpaired) electrons. The molecule has 86 heavy (non-hydrogen) atoms. The smallest absolute Gasteiger partial charge is 0.317 e. The molecule has 16 N–H and O–H groups in total. The van der Waals surface area contributed by atoms with Gasteiger partial charge in [-0.15, -0.1) is 0 Å². The molecule has 2 fully saturated rings. The Morgan fingerprint density at radius 2 is 1.23 bits per heavy atom. The number of nitrogens with zero attached hydrogens (tertiary/aromatic N) is 4. The summed E-state index contributed by atoms with van der Waals surface area (Å²) >= 11 is 0. The SMILES string of the molecule is CN[C@@H](Cc1c[nH]c2ccccc12)C(=O)N[C@@H](CC(=O)O)C(=O)N1CCC[C@H]1C(=O)NCC(=O)NCC(=O)NCC(=O)N[C@@H](CCCCNC(=O)CCCC(=O)NCCC1(N(CC(=O)O)CC(=O)O)CN(CC(=O)O)CCN(CC(=O)O)C1)C(N)=O. The topological polar surface area (TPSA) is 491 Å². The zero-order valence-electron chi connectivity index (χ0n) is 47.7. The van der Waals surface area contributed by atoms with Crippen molar-refractivity contribution in [2.75, 3.05) is 98.7 Å². The zero-order chi connectivity index (χ0) is 63.5. The predicted octanol–water partition coefficient (Wildman–Crippen LogP) is -5.47. The summed E-state index contributed by atoms with van der Waals surface area (Å²) in [5, 5.41) is 69.0. The van der Waals surface area contributed by atoms with Gasteiger partial charge in [-0.1, -0.05) is 18.2 Å². The Bertz CT molecular complexity index is 2740. The summed E-state index contributed by atoms with van der Waals surface area (Å²) in [6.45, 7) is -4.45. The van der Waals surface area contributed by atoms with Gasteiger partial charge in [0, 0.05) is 81.3 Å². The lowest BCUT2D eigenvalue weighted by molar-refractivity contribution is -0.148. The number of likely N-dealkylation sites (tertiary alicyclic amines) is 1. The third-order valence-corrected chi connectivity index (χ3v) is 14.4. The molecule has 1 aromatic heterocycles. The lowest BCUT2D eigenvalue weighted by Crippen LogP contribution is -2.63. The number of primary amides is 1. The molecule has 2 aliphatic rings. The molecule has 4 atom stereocenters. The largest absolute Gasteiger partial charge is 0.481 e. The van der Waals surface area contributed by atoms with Crippen molar-refractivity contribution in [2.45, 2.75) is 100 Å². The van der Waals surface area contributed by atoms with Gasteiger partial charge in [-0.05, 0) is 70.0 Å². The molecule has 2 aromatic rings. The average molecular weight is 1220 g/mol. The molecule has 0 bridgehead atoms. The van der Waals surface area contributed by atoms with Crippen molar-refractivity contribution < 1.29 is 92.7 Å². The molecule has 0 unspecified atom stereocenters. The zero-order valence-corrected chi connectivity index (χ0v) is 47.7. The lowest BCUT2D eigenvalue weighted by atomic mass is 9.90. The molecule has 3 heterocycles. The van der Waals surface area contributed by atoms with E-state index in [2.05, 4.69) is 47.5 Å². The molecule has 2 aliphatic heterocycles. The molecule has 2 saturated heterocycles. The van der Waals surface area contributed by atoms with Gasteiger partial charge in [0.2, 0.25) is 53.2 Å². The summed E-state index contributed by atoms with van der Waals surface area (Å²) in [5.41, 5.74) is 5.71. The summed E-state index contributed by atoms with van der Waals surface area (Å²) in [6, 6.07) is 2.84. The first-order valence-corrected chi connectivity index (χ1v) is 27.8. The fourth-order valence-corrected chi connectivity index (χ4v) is 10.2. The van der Waals surface area contributed by atoms with Gasteiger partial charge in [0.05, 0.1) is 58.3 Å². The maximum Gasteiger partial charge on any atom is 0.317 e. The number of rotatable bonds is 38. The molecular weight excluding hydrogens is 1140 g/mol. The monoisotopic (exact) mass is 1210 g/mol. The Kier molecular flexibility index (Phi) is 28.2. The number of fused-ring (bicyclic) bond motifs is 1. The number of carbonyl (C=O) groups is 14. The minimum absolute atomic E-state index is 0.0597. The van der Waals surface area contributed by atoms with Crippen molar-refractivity contribution >= 4 is 93.9 Å². The number of aromatic nitrogens is 1. The fraction of sp³-hybridized carbons (Fsp3) is 0.585. The standard InChI is InChI=1S/C53H78N14O19/c1-55-36(20-32-22-58-34-9-3-2-8-33(32)34)50(84)63-37(21-44(73)74)52(86)67-17-7-11-38(67)51(85)61-24-42(71)59-23-41(70)60-25-43(72)62-35(49(54)83)10-4-5-15-56-39(68)12-6-13-40(69)57-16-14-53(66(28-47(79)80)29-48(81)82)30-64(26-45(75)76)18-19-65(31-53)27-46(77)78/h2-3,8-9,22,35-38,55,58H,4-7,10-21,23-31H2,1H3,(H2,54,83)(H,56,68)(H,57,69)(H,59,71)(H,60,70)(H,61,85)(H,62,72)(H,63,84)(H,73,74)(H,75,76)(H,77,78)(H,79,80)(H,81,82)/t35-,36-,37-,38-/m0/s1. The van der Waals surface area contributed by atoms with Crippen LogP contribution in [0.3, 0.4) is 0 Å². The van der Waals surface area contributed by atoms with Gasteiger partial charge in [0.1, 0.15) is 18.1 Å². The molecule has 33 heteroatoms. The Morgan fingerprint density at radius 1 is 0.651 bits per heavy atom. The molecule has 9 amide bonds. The second-order valence-electron chi connectivity index (χ2n) is 20.9. The van der Waals surface area contributed by atoms with Crippen molar-refractivity contribution in [3.8, 4) is 0 Å². The van der Waals surface area contributed by atoms with Crippen LogP contribution in [0.4, 0.5) is 0 Å². The maximum atomic E-state index is 13.7. The number of nitrogens with one attached hydrogen (secondary N) is 9. The number of aromatic amines is 1. The molecule has 0 spiro atoms. The second-order valence-corrected chi connectivity index (χ2v) is 20.9. The van der Waals surface area contributed by atoms with Gasteiger partial charge in [0.25, 0.3) is 0 Å². The molecule has 0 saturated carbocycles. The minimum Gasteiger partial charge on any atom is -0.481 e. The Morgan fingerprint density at radius 3 is 1.80 bits per heavy atom. The number of H-pyrrole nitrogens is 1. The number of hydrogen-bond donors (Lipinski definition) is 15. The van der Waals surface area contributed by atoms with Crippen LogP contribution in [0.2, 0.25) is 0 Å². The van der Waals surface area contributed by atoms with Gasteiger partial charge < -0.3 is 83.7 Å². The maximum absolute atomic E-state index is 13.7. The third kappa shape index (κ3) is 23.7. The minimum atomic E-state index is -1.52. The summed E-state index contributed by atoms with van der Waals surface area (Å²) in [6.07, 6.45) is 2.27. The molecule has 0 aliphatic carbocycles. The predicted molar refractivity (Wildman–Crippen MR) is 300 cm³/mol. The first-order valence-electron chi connectivity index (χ1n) is 27.8. The van der Waals surface area contributed by atoms with Crippen molar-refractivity contribution in [3.63, 3.8) is 0 Å². The lowest BCUT2D eigenvalue weighted by Gasteiger charge is -2.45. The van der Waals surface area contributed by atoms with E-state index >= 15 is 0 Å². The Hall–Kier alpha value is -8.82. The number of carboxylic acid groups (broad SMARTS) is 5. The molecular formula is C53H78N14O19. The number of hydrogen-bond acceptors (Lipinski definition) is 18. The third-order valence-electron chi connectivity index (χ3n) is 14.4. The number of carboxylic acids is 5. The van der Waals surface area contributed by atoms with Gasteiger partial charge in [-0.3, -0.25) is 81.8 Å². The van der Waals surface area contributed by atoms with Gasteiger partial charge in [0.15, 0.2) is 0 Å². The number of likely N-dealkylation sites (N-methyl/N-ethyl adjacent to an activating group) is 1. The fourth-order valence-electron chi connectivity index (χ4n) is 10.2. The highest BCUT2D eigenvalue weighted by atomic mass is 16.4. The van der Waals surface area contributed by atoms with Crippen molar-refractivity contribution in [1.82, 2.24) is 67.1 Å². The van der Waals surface area contributed by atoms with Gasteiger partial charge >= 0.3 is 29.8 Å². The summed E-state index contributed by atoms with van der Waals surface area (Å²) < 4.78 is 0. The van der Waals surface area contributed by atoms with Crippen LogP contribution < -0.4 is 48.3 Å². The van der Waals surface area contributed by atoms with Crippen LogP contribution in [0.25, 0.3) is 10.9 Å². The van der Waals surface area contributed by atoms with Crippen molar-refractivity contribution in [2.24, 2.45) is 5.73 Å². The number of aliphatic carboxylic acids is 5. The first-order chi connectivity index (χ1) is 40.8. The molecule has 1 aromatic carbocycles. The van der Waals surface area contributed by atoms with Crippen molar-refractivity contribution in [3.05, 3.63) is 36.0 Å². The number of nitrogens with two attached hydrogens (primary N) is 1. The van der Waals surface area contributed by atoms with Crippen LogP contribution >= 0.6 is 0 Å². The van der Waals surface area contributed by atoms with E-state index in [-0.39, 0.29) is 90.8 Å². The molecule has 4 rings (SSSR count). The van der Waals surface area contributed by atoms with Crippen LogP contribution in [-0.2, 0) is 73.5 Å². The number of para-hydroxylation sites is 1. The van der Waals surface area contributed by atoms with E-state index < -0.39 is 165 Å². The van der Waals surface area contributed by atoms with E-state index in [0.717, 1.165) is 26.3 Å². The van der Waals surface area contributed by atoms with Crippen LogP contribution in [0.15, 0.2) is 30.5 Å². The van der Waals surface area contributed by atoms with Gasteiger partial charge in [-0.2, -0.15) is 0 Å². The number of amides is 9. The highest BCUT2D eigenvalue weighted by Crippen LogP contribution is 2.27. The van der Waals surface area contributed by atoms with E-state index in [4.69, 9.17) is 5.73 Å². The normalized spacial score (nSPS) is 16.1. The van der Waals surface area contributed by atoms with E-state index in [0.29, 0.717) is 19.3 Å². The highest BCUT2D eigenvalue weighted by molar-refractivity contribution is 5.97. The van der Waals surface area contributed by atoms with E-state index in [9.17, 15) is 92.7 Å². The van der Waals surface area contributed by atoms with Crippen LogP contribution in [0.5, 0.6) is 0 Å². The van der Waals surface area contributed by atoms with Crippen LogP contribution in [0.1, 0.15) is 69.8 Å². The molecule has 33 nitrogen and oxygen atoms in total. The van der Waals surface area contributed by atoms with E-state index in [1.807, 2.05) is 24.3 Å². The Labute approximate surface area is 493 Å². The van der Waals surface area contributed by atoms with E-state index in [1.54, 1.807) is 13.2 Å². The first kappa shape index (κ1) is 69.7. The average Bonchev–Trinajstić information content (AvgIpc) is 2.50.